The molecule has 1 aliphatic carbocycles. The van der Waals surface area contributed by atoms with Gasteiger partial charge in [-0.15, -0.1) is 0 Å². The third kappa shape index (κ3) is 2.22. The highest BCUT2D eigenvalue weighted by Gasteiger charge is 2.50. The van der Waals surface area contributed by atoms with Gasteiger partial charge in [-0.05, 0) is 44.1 Å². The van der Waals surface area contributed by atoms with Crippen LogP contribution < -0.4 is 9.47 Å². The molecule has 0 N–H and O–H groups in total. The second kappa shape index (κ2) is 5.34. The van der Waals surface area contributed by atoms with Gasteiger partial charge in [0.05, 0.1) is 14.2 Å². The fourth-order valence-electron chi connectivity index (χ4n) is 4.07. The molecule has 1 aromatic carbocycles. The molecule has 21 heavy (non-hydrogen) atoms. The Kier molecular flexibility index (Phi) is 3.66. The van der Waals surface area contributed by atoms with Crippen LogP contribution >= 0.6 is 0 Å². The topological polar surface area (TPSA) is 38.8 Å². The van der Waals surface area contributed by atoms with Crippen LogP contribution in [0.15, 0.2) is 18.2 Å². The van der Waals surface area contributed by atoms with E-state index in [1.165, 1.54) is 5.56 Å². The molecular formula is C17H23NO3. The van der Waals surface area contributed by atoms with Crippen molar-refractivity contribution in [3.8, 4) is 11.5 Å². The quantitative estimate of drug-likeness (QED) is 0.856. The number of carbonyl (C=O) groups excluding carboxylic acids is 1. The number of hydrogen-bond acceptors (Lipinski definition) is 4. The fraction of sp³-hybridized carbons (Fsp3) is 0.588. The van der Waals surface area contributed by atoms with E-state index in [1.807, 2.05) is 6.07 Å². The van der Waals surface area contributed by atoms with Crippen LogP contribution in [0.5, 0.6) is 11.5 Å². The predicted octanol–water partition coefficient (Wildman–Crippen LogP) is 2.40. The Labute approximate surface area is 126 Å². The number of likely N-dealkylation sites (N-methyl/N-ethyl adjacent to an activating group) is 1. The van der Waals surface area contributed by atoms with E-state index in [0.717, 1.165) is 30.9 Å². The summed E-state index contributed by atoms with van der Waals surface area (Å²) in [7, 11) is 5.45. The van der Waals surface area contributed by atoms with Crippen LogP contribution in [0.3, 0.4) is 0 Å². The summed E-state index contributed by atoms with van der Waals surface area (Å²) in [6.45, 7) is 1.05. The first kappa shape index (κ1) is 14.4. The largest absolute Gasteiger partial charge is 0.493 e. The summed E-state index contributed by atoms with van der Waals surface area (Å²) in [5.41, 5.74) is 1.37. The highest BCUT2D eigenvalue weighted by atomic mass is 16.5. The lowest BCUT2D eigenvalue weighted by Crippen LogP contribution is -2.46. The average Bonchev–Trinajstić information content (AvgIpc) is 2.85. The number of rotatable bonds is 3. The van der Waals surface area contributed by atoms with Gasteiger partial charge >= 0.3 is 0 Å². The monoisotopic (exact) mass is 289 g/mol. The Balaban J connectivity index is 2.03. The second-order valence-corrected chi connectivity index (χ2v) is 6.22. The third-order valence-corrected chi connectivity index (χ3v) is 5.31. The molecule has 4 heteroatoms. The van der Waals surface area contributed by atoms with E-state index in [2.05, 4.69) is 24.1 Å². The maximum absolute atomic E-state index is 11.9. The van der Waals surface area contributed by atoms with E-state index < -0.39 is 0 Å². The van der Waals surface area contributed by atoms with Gasteiger partial charge in [0.1, 0.15) is 5.78 Å². The molecule has 0 spiro atoms. The Morgan fingerprint density at radius 2 is 1.95 bits per heavy atom. The van der Waals surface area contributed by atoms with E-state index >= 15 is 0 Å². The summed E-state index contributed by atoms with van der Waals surface area (Å²) in [6.07, 6.45) is 3.41. The predicted molar refractivity (Wildman–Crippen MR) is 81.1 cm³/mol. The van der Waals surface area contributed by atoms with E-state index in [-0.39, 0.29) is 5.41 Å². The van der Waals surface area contributed by atoms with Crippen molar-refractivity contribution < 1.29 is 14.3 Å². The Morgan fingerprint density at radius 3 is 2.67 bits per heavy atom. The number of ether oxygens (including phenoxy) is 2. The van der Waals surface area contributed by atoms with Crippen LogP contribution in [0, 0.1) is 0 Å². The minimum atomic E-state index is 0.0855. The smallest absolute Gasteiger partial charge is 0.161 e. The minimum Gasteiger partial charge on any atom is -0.493 e. The molecule has 4 nitrogen and oxygen atoms in total. The molecule has 0 aromatic heterocycles. The van der Waals surface area contributed by atoms with Crippen molar-refractivity contribution >= 4 is 5.78 Å². The fourth-order valence-corrected chi connectivity index (χ4v) is 4.07. The number of fused-ring (bicyclic) bond motifs is 1. The van der Waals surface area contributed by atoms with Crippen molar-refractivity contribution in [2.24, 2.45) is 0 Å². The van der Waals surface area contributed by atoms with Crippen LogP contribution in [-0.2, 0) is 10.2 Å². The standard InChI is InChI=1S/C17H23NO3/c1-18-9-8-17(7-6-13(19)11-16(17)18)12-4-5-14(20-2)15(10-12)21-3/h4-5,10,16H,6-9,11H2,1-3H3/t16-,17+/m1/s1. The number of likely N-dealkylation sites (tertiary alicyclic amines) is 1. The third-order valence-electron chi connectivity index (χ3n) is 5.31. The maximum atomic E-state index is 11.9. The molecule has 1 saturated carbocycles. The first-order valence-corrected chi connectivity index (χ1v) is 7.55. The van der Waals surface area contributed by atoms with Gasteiger partial charge in [-0.25, -0.2) is 0 Å². The Morgan fingerprint density at radius 1 is 1.19 bits per heavy atom. The van der Waals surface area contributed by atoms with Crippen LogP contribution in [-0.4, -0.2) is 44.5 Å². The second-order valence-electron chi connectivity index (χ2n) is 6.22. The molecule has 114 valence electrons. The molecule has 1 heterocycles. The first-order chi connectivity index (χ1) is 10.1. The number of carbonyl (C=O) groups is 1. The lowest BCUT2D eigenvalue weighted by Gasteiger charge is -2.41. The Bertz CT molecular complexity index is 557. The molecule has 2 atom stereocenters. The molecule has 2 aliphatic rings. The molecule has 1 aliphatic heterocycles. The number of Topliss-reactive ketones (excluding diaryl/α,β-unsaturated/α-hetero) is 1. The van der Waals surface area contributed by atoms with Gasteiger partial charge in [-0.1, -0.05) is 6.07 Å². The van der Waals surface area contributed by atoms with Crippen LogP contribution in [0.1, 0.15) is 31.2 Å². The zero-order chi connectivity index (χ0) is 15.0. The number of benzene rings is 1. The summed E-state index contributed by atoms with van der Waals surface area (Å²) in [5, 5.41) is 0. The molecule has 3 rings (SSSR count). The molecule has 2 fully saturated rings. The maximum Gasteiger partial charge on any atom is 0.161 e. The molecule has 0 amide bonds. The average molecular weight is 289 g/mol. The Hall–Kier alpha value is -1.55. The van der Waals surface area contributed by atoms with Crippen molar-refractivity contribution in [1.29, 1.82) is 0 Å². The summed E-state index contributed by atoms with van der Waals surface area (Å²) in [6, 6.07) is 6.54. The van der Waals surface area contributed by atoms with Gasteiger partial charge in [0.2, 0.25) is 0 Å². The molecule has 1 aromatic rings. The van der Waals surface area contributed by atoms with Gasteiger partial charge in [0, 0.05) is 24.3 Å². The van der Waals surface area contributed by atoms with E-state index in [0.29, 0.717) is 24.7 Å². The van der Waals surface area contributed by atoms with Crippen molar-refractivity contribution in [2.45, 2.75) is 37.1 Å². The SMILES string of the molecule is COc1ccc([C@@]23CCC(=O)C[C@H]2N(C)CC3)cc1OC. The highest BCUT2D eigenvalue weighted by molar-refractivity contribution is 5.81. The van der Waals surface area contributed by atoms with Gasteiger partial charge in [-0.3, -0.25) is 4.79 Å². The van der Waals surface area contributed by atoms with Gasteiger partial charge in [-0.2, -0.15) is 0 Å². The molecule has 0 unspecified atom stereocenters. The normalized spacial score (nSPS) is 29.3. The van der Waals surface area contributed by atoms with Crippen molar-refractivity contribution in [2.75, 3.05) is 27.8 Å². The van der Waals surface area contributed by atoms with Gasteiger partial charge in [0.25, 0.3) is 0 Å². The summed E-state index contributed by atoms with van der Waals surface area (Å²) in [5.74, 6) is 1.92. The lowest BCUT2D eigenvalue weighted by molar-refractivity contribution is -0.122. The molecular weight excluding hydrogens is 266 g/mol. The summed E-state index contributed by atoms with van der Waals surface area (Å²) >= 11 is 0. The van der Waals surface area contributed by atoms with Gasteiger partial charge < -0.3 is 14.4 Å². The lowest BCUT2D eigenvalue weighted by atomic mass is 9.66. The molecule has 1 saturated heterocycles. The zero-order valence-electron chi connectivity index (χ0n) is 13.0. The minimum absolute atomic E-state index is 0.0855. The van der Waals surface area contributed by atoms with Crippen molar-refractivity contribution in [3.05, 3.63) is 23.8 Å². The first-order valence-electron chi connectivity index (χ1n) is 7.55. The summed E-state index contributed by atoms with van der Waals surface area (Å²) < 4.78 is 10.8. The van der Waals surface area contributed by atoms with Crippen LogP contribution in [0.2, 0.25) is 0 Å². The van der Waals surface area contributed by atoms with E-state index in [4.69, 9.17) is 9.47 Å². The number of nitrogens with zero attached hydrogens (tertiary/aromatic N) is 1. The number of methoxy groups -OCH3 is 2. The zero-order valence-corrected chi connectivity index (χ0v) is 13.0. The van der Waals surface area contributed by atoms with E-state index in [9.17, 15) is 4.79 Å². The number of ketones is 1. The van der Waals surface area contributed by atoms with E-state index in [1.54, 1.807) is 14.2 Å². The highest BCUT2D eigenvalue weighted by Crippen LogP contribution is 2.48. The van der Waals surface area contributed by atoms with Crippen molar-refractivity contribution in [1.82, 2.24) is 4.90 Å². The van der Waals surface area contributed by atoms with Crippen LogP contribution in [0.25, 0.3) is 0 Å². The summed E-state index contributed by atoms with van der Waals surface area (Å²) in [4.78, 5) is 14.2. The molecule has 0 bridgehead atoms. The molecule has 0 radical (unpaired) electrons. The van der Waals surface area contributed by atoms with Gasteiger partial charge in [0.15, 0.2) is 11.5 Å². The number of hydrogen-bond donors (Lipinski definition) is 0. The van der Waals surface area contributed by atoms with Crippen LogP contribution in [0.4, 0.5) is 0 Å². The van der Waals surface area contributed by atoms with Crippen molar-refractivity contribution in [3.63, 3.8) is 0 Å².